The Morgan fingerprint density at radius 3 is 1.76 bits per heavy atom. The van der Waals surface area contributed by atoms with Gasteiger partial charge in [0.2, 0.25) is 0 Å². The van der Waals surface area contributed by atoms with Crippen LogP contribution in [0.1, 0.15) is 104 Å². The normalized spacial score (nSPS) is 15.0. The van der Waals surface area contributed by atoms with Crippen LogP contribution in [0.15, 0.2) is 30.3 Å². The number of ether oxygens (including phenoxy) is 5. The molecule has 0 spiro atoms. The largest absolute Gasteiger partial charge is 0.493 e. The summed E-state index contributed by atoms with van der Waals surface area (Å²) in [5.41, 5.74) is -0.759. The van der Waals surface area contributed by atoms with Gasteiger partial charge in [0.25, 0.3) is 0 Å². The van der Waals surface area contributed by atoms with E-state index >= 15 is 0 Å². The van der Waals surface area contributed by atoms with Crippen LogP contribution in [0.25, 0.3) is 0 Å². The van der Waals surface area contributed by atoms with Gasteiger partial charge < -0.3 is 28.8 Å². The van der Waals surface area contributed by atoms with Gasteiger partial charge >= 0.3 is 29.8 Å². The fraction of sp³-hybridized carbons (Fsp3) is 0.514. The third-order valence-corrected chi connectivity index (χ3v) is 7.85. The molecule has 11 nitrogen and oxygen atoms in total. The van der Waals surface area contributed by atoms with Crippen molar-refractivity contribution in [1.29, 1.82) is 0 Å². The molecule has 0 fully saturated rings. The monoisotopic (exact) mass is 640 g/mol. The van der Waals surface area contributed by atoms with Crippen molar-refractivity contribution in [2.75, 3.05) is 6.61 Å². The molecule has 1 aliphatic rings. The minimum atomic E-state index is -1.55. The lowest BCUT2D eigenvalue weighted by atomic mass is 9.66. The van der Waals surface area contributed by atoms with Crippen LogP contribution in [0.2, 0.25) is 0 Å². The number of carboxylic acid groups (broad SMARTS) is 1. The lowest BCUT2D eigenvalue weighted by Crippen LogP contribution is -2.47. The van der Waals surface area contributed by atoms with Gasteiger partial charge in [0.15, 0.2) is 11.5 Å². The van der Waals surface area contributed by atoms with Gasteiger partial charge in [-0.2, -0.15) is 0 Å². The average Bonchev–Trinajstić information content (AvgIpc) is 2.99. The molecule has 46 heavy (non-hydrogen) atoms. The topological polar surface area (TPSA) is 152 Å². The van der Waals surface area contributed by atoms with Crippen LogP contribution in [-0.4, -0.2) is 41.6 Å². The van der Waals surface area contributed by atoms with E-state index in [2.05, 4.69) is 0 Å². The molecule has 0 amide bonds. The number of benzene rings is 2. The summed E-state index contributed by atoms with van der Waals surface area (Å²) in [7, 11) is 0. The van der Waals surface area contributed by atoms with Gasteiger partial charge in [-0.05, 0) is 56.2 Å². The molecule has 3 rings (SSSR count). The van der Waals surface area contributed by atoms with E-state index in [1.165, 1.54) is 24.3 Å². The predicted molar refractivity (Wildman–Crippen MR) is 167 cm³/mol. The van der Waals surface area contributed by atoms with E-state index in [9.17, 15) is 29.1 Å². The molecule has 1 heterocycles. The molecule has 0 radical (unpaired) electrons. The van der Waals surface area contributed by atoms with Crippen molar-refractivity contribution in [2.24, 2.45) is 5.92 Å². The average molecular weight is 641 g/mol. The fourth-order valence-electron chi connectivity index (χ4n) is 5.54. The maximum Gasteiger partial charge on any atom is 0.314 e. The molecule has 0 saturated carbocycles. The van der Waals surface area contributed by atoms with Gasteiger partial charge in [0.1, 0.15) is 17.2 Å². The number of carbonyl (C=O) groups is 5. The van der Waals surface area contributed by atoms with Crippen molar-refractivity contribution in [1.82, 2.24) is 0 Å². The molecule has 1 unspecified atom stereocenters. The Hall–Kier alpha value is -4.41. The molecule has 0 saturated heterocycles. The van der Waals surface area contributed by atoms with E-state index in [0.29, 0.717) is 42.6 Å². The number of fused-ring (bicyclic) bond motifs is 1. The van der Waals surface area contributed by atoms with Crippen molar-refractivity contribution in [2.45, 2.75) is 104 Å². The van der Waals surface area contributed by atoms with E-state index in [4.69, 9.17) is 23.7 Å². The van der Waals surface area contributed by atoms with Gasteiger partial charge in [-0.1, -0.05) is 40.7 Å². The second-order valence-corrected chi connectivity index (χ2v) is 11.3. The van der Waals surface area contributed by atoms with Gasteiger partial charge in [0.05, 0.1) is 12.0 Å². The van der Waals surface area contributed by atoms with Crippen molar-refractivity contribution in [3.63, 3.8) is 0 Å². The summed E-state index contributed by atoms with van der Waals surface area (Å²) in [4.78, 5) is 62.9. The number of rotatable bonds is 16. The first-order valence-electron chi connectivity index (χ1n) is 16.0. The van der Waals surface area contributed by atoms with Crippen LogP contribution < -0.4 is 23.7 Å². The summed E-state index contributed by atoms with van der Waals surface area (Å²) in [6.07, 6.45) is 3.13. The highest BCUT2D eigenvalue weighted by Crippen LogP contribution is 2.47. The van der Waals surface area contributed by atoms with Crippen LogP contribution >= 0.6 is 0 Å². The molecule has 11 heteroatoms. The smallest absolute Gasteiger partial charge is 0.314 e. The molecule has 2 aromatic carbocycles. The second kappa shape index (κ2) is 16.8. The zero-order chi connectivity index (χ0) is 33.9. The molecule has 1 aliphatic heterocycles. The summed E-state index contributed by atoms with van der Waals surface area (Å²) in [5, 5.41) is 10.8. The molecule has 250 valence electrons. The number of carbonyl (C=O) groups excluding carboxylic acids is 4. The summed E-state index contributed by atoms with van der Waals surface area (Å²) in [5.74, 6) is -3.24. The van der Waals surface area contributed by atoms with Crippen molar-refractivity contribution >= 4 is 29.8 Å². The molecule has 2 atom stereocenters. The minimum absolute atomic E-state index is 0.0163. The quantitative estimate of drug-likeness (QED) is 0.158. The highest BCUT2D eigenvalue weighted by Gasteiger charge is 2.49. The van der Waals surface area contributed by atoms with Gasteiger partial charge in [0, 0.05) is 49.3 Å². The lowest BCUT2D eigenvalue weighted by molar-refractivity contribution is -0.147. The first-order valence-corrected chi connectivity index (χ1v) is 16.0. The van der Waals surface area contributed by atoms with Crippen molar-refractivity contribution < 1.29 is 52.8 Å². The van der Waals surface area contributed by atoms with E-state index < -0.39 is 41.2 Å². The Balaban J connectivity index is 2.10. The number of hydrogen-bond donors (Lipinski definition) is 1. The summed E-state index contributed by atoms with van der Waals surface area (Å²) in [6.45, 7) is 9.04. The molecular weight excluding hydrogens is 596 g/mol. The zero-order valence-corrected chi connectivity index (χ0v) is 27.3. The number of carboxylic acids is 1. The Kier molecular flexibility index (Phi) is 13.1. The van der Waals surface area contributed by atoms with E-state index in [0.717, 1.165) is 0 Å². The molecule has 0 bridgehead atoms. The van der Waals surface area contributed by atoms with Gasteiger partial charge in [-0.25, -0.2) is 0 Å². The minimum Gasteiger partial charge on any atom is -0.493 e. The highest BCUT2D eigenvalue weighted by atomic mass is 16.6. The third kappa shape index (κ3) is 8.64. The first-order chi connectivity index (χ1) is 22.0. The molecular formula is C35H44O11. The third-order valence-electron chi connectivity index (χ3n) is 7.85. The predicted octanol–water partition coefficient (Wildman–Crippen LogP) is 6.49. The Morgan fingerprint density at radius 2 is 1.24 bits per heavy atom. The first kappa shape index (κ1) is 36.1. The highest BCUT2D eigenvalue weighted by molar-refractivity contribution is 5.83. The lowest BCUT2D eigenvalue weighted by Gasteiger charge is -2.40. The Bertz CT molecular complexity index is 1430. The Labute approximate surface area is 269 Å². The number of aliphatic carboxylic acids is 1. The molecule has 0 aliphatic carbocycles. The maximum atomic E-state index is 13.2. The van der Waals surface area contributed by atoms with Crippen molar-refractivity contribution in [3.8, 4) is 28.7 Å². The zero-order valence-electron chi connectivity index (χ0n) is 27.3. The van der Waals surface area contributed by atoms with Crippen LogP contribution in [-0.2, 0) is 35.8 Å². The number of hydrogen-bond acceptors (Lipinski definition) is 10. The Morgan fingerprint density at radius 1 is 0.717 bits per heavy atom. The SMILES string of the molecule is CCCC(=O)Oc1cc2c(c(OC(=O)CCC)c1)CC([C@@](CC)(C(=O)O)c1ccc(OC(=O)CCC)c(OC(=O)CCC)c1)CO2. The second-order valence-electron chi connectivity index (χ2n) is 11.3. The van der Waals surface area contributed by atoms with Crippen LogP contribution in [0.4, 0.5) is 0 Å². The van der Waals surface area contributed by atoms with E-state index in [1.54, 1.807) is 13.0 Å². The molecule has 1 N–H and O–H groups in total. The summed E-state index contributed by atoms with van der Waals surface area (Å²) in [6, 6.07) is 7.42. The summed E-state index contributed by atoms with van der Waals surface area (Å²) >= 11 is 0. The van der Waals surface area contributed by atoms with Gasteiger partial charge in [-0.15, -0.1) is 0 Å². The molecule has 0 aromatic heterocycles. The summed E-state index contributed by atoms with van der Waals surface area (Å²) < 4.78 is 28.3. The van der Waals surface area contributed by atoms with Crippen molar-refractivity contribution in [3.05, 3.63) is 41.5 Å². The fourth-order valence-corrected chi connectivity index (χ4v) is 5.54. The van der Waals surface area contributed by atoms with Crippen LogP contribution in [0.3, 0.4) is 0 Å². The number of esters is 4. The standard InChI is InChI=1S/C35H44O11/c1-6-11-30(36)43-24-19-27-25(28(20-24)45-32(38)13-8-3)17-23(21-42-27)35(10-5,34(40)41)22-15-16-26(44-31(37)12-7-2)29(18-22)46-33(39)14-9-4/h15-16,18-20,23H,6-14,17,21H2,1-5H3,(H,40,41)/t23?,35-/m0/s1. The molecule has 2 aromatic rings. The van der Waals surface area contributed by atoms with Crippen LogP contribution in [0, 0.1) is 5.92 Å². The van der Waals surface area contributed by atoms with Gasteiger partial charge in [-0.3, -0.25) is 24.0 Å². The van der Waals surface area contributed by atoms with Crippen LogP contribution in [0.5, 0.6) is 28.7 Å². The maximum absolute atomic E-state index is 13.2. The van der Waals surface area contributed by atoms with E-state index in [-0.39, 0.29) is 68.1 Å². The van der Waals surface area contributed by atoms with E-state index in [1.807, 2.05) is 27.7 Å².